The van der Waals surface area contributed by atoms with Crippen molar-refractivity contribution in [1.29, 1.82) is 0 Å². The van der Waals surface area contributed by atoms with Crippen molar-refractivity contribution in [1.82, 2.24) is 5.32 Å². The van der Waals surface area contributed by atoms with E-state index < -0.39 is 0 Å². The lowest BCUT2D eigenvalue weighted by Gasteiger charge is -2.40. The Morgan fingerprint density at radius 1 is 1.42 bits per heavy atom. The third-order valence-corrected chi connectivity index (χ3v) is 3.04. The second-order valence-electron chi connectivity index (χ2n) is 4.48. The predicted octanol–water partition coefficient (Wildman–Crippen LogP) is 2.01. The molecule has 0 heterocycles. The van der Waals surface area contributed by atoms with Crippen LogP contribution in [0.1, 0.15) is 33.1 Å². The second kappa shape index (κ2) is 4.24. The highest BCUT2D eigenvalue weighted by Gasteiger charge is 2.33. The van der Waals surface area contributed by atoms with Crippen LogP contribution in [-0.2, 0) is 4.74 Å². The number of methoxy groups -OCH3 is 1. The largest absolute Gasteiger partial charge is 0.370 e. The maximum atomic E-state index is 4.96. The molecule has 0 spiro atoms. The lowest BCUT2D eigenvalue weighted by molar-refractivity contribution is 0.0968. The van der Waals surface area contributed by atoms with Gasteiger partial charge in [0.1, 0.15) is 0 Å². The van der Waals surface area contributed by atoms with E-state index in [-0.39, 0.29) is 0 Å². The number of rotatable bonds is 5. The predicted molar refractivity (Wildman–Crippen MR) is 51.0 cm³/mol. The van der Waals surface area contributed by atoms with E-state index in [9.17, 15) is 0 Å². The molecule has 0 amide bonds. The van der Waals surface area contributed by atoms with Crippen LogP contribution in [0.3, 0.4) is 0 Å². The Balaban J connectivity index is 2.17. The van der Waals surface area contributed by atoms with Crippen molar-refractivity contribution in [3.8, 4) is 0 Å². The lowest BCUT2D eigenvalue weighted by Crippen LogP contribution is -2.39. The first-order valence-electron chi connectivity index (χ1n) is 4.86. The first-order valence-corrected chi connectivity index (χ1v) is 4.86. The standard InChI is InChI=1S/C10H21NO/c1-10(2,7-11-8-12-3)9-5-4-6-9/h9,11H,4-8H2,1-3H3. The summed E-state index contributed by atoms with van der Waals surface area (Å²) in [5, 5.41) is 3.30. The van der Waals surface area contributed by atoms with Crippen molar-refractivity contribution in [3.63, 3.8) is 0 Å². The highest BCUT2D eigenvalue weighted by atomic mass is 16.5. The van der Waals surface area contributed by atoms with Gasteiger partial charge in [-0.05, 0) is 24.2 Å². The first kappa shape index (κ1) is 10.0. The van der Waals surface area contributed by atoms with Crippen LogP contribution in [0.15, 0.2) is 0 Å². The van der Waals surface area contributed by atoms with E-state index in [1.165, 1.54) is 19.3 Å². The second-order valence-corrected chi connectivity index (χ2v) is 4.48. The van der Waals surface area contributed by atoms with Crippen LogP contribution in [0, 0.1) is 11.3 Å². The van der Waals surface area contributed by atoms with Crippen molar-refractivity contribution < 1.29 is 4.74 Å². The molecule has 0 aromatic rings. The fourth-order valence-corrected chi connectivity index (χ4v) is 1.81. The number of hydrogen-bond donors (Lipinski definition) is 1. The van der Waals surface area contributed by atoms with Gasteiger partial charge in [0.15, 0.2) is 0 Å². The average Bonchev–Trinajstić information content (AvgIpc) is 1.82. The monoisotopic (exact) mass is 171 g/mol. The molecule has 0 bridgehead atoms. The molecule has 0 atom stereocenters. The quantitative estimate of drug-likeness (QED) is 0.504. The molecule has 1 aliphatic carbocycles. The molecule has 1 fully saturated rings. The van der Waals surface area contributed by atoms with Crippen molar-refractivity contribution in [2.24, 2.45) is 11.3 Å². The molecular weight excluding hydrogens is 150 g/mol. The zero-order chi connectivity index (χ0) is 9.03. The molecule has 0 aliphatic heterocycles. The maximum Gasteiger partial charge on any atom is 0.0961 e. The molecule has 1 rings (SSSR count). The summed E-state index contributed by atoms with van der Waals surface area (Å²) >= 11 is 0. The Bertz CT molecular complexity index is 130. The molecule has 2 nitrogen and oxygen atoms in total. The highest BCUT2D eigenvalue weighted by Crippen LogP contribution is 2.40. The van der Waals surface area contributed by atoms with Crippen molar-refractivity contribution in [3.05, 3.63) is 0 Å². The molecule has 0 aromatic heterocycles. The van der Waals surface area contributed by atoms with E-state index in [1.54, 1.807) is 7.11 Å². The van der Waals surface area contributed by atoms with Gasteiger partial charge in [-0.3, -0.25) is 5.32 Å². The third-order valence-electron chi connectivity index (χ3n) is 3.04. The van der Waals surface area contributed by atoms with Crippen LogP contribution in [-0.4, -0.2) is 20.4 Å². The summed E-state index contributed by atoms with van der Waals surface area (Å²) in [6, 6.07) is 0. The SMILES string of the molecule is COCNCC(C)(C)C1CCC1. The fraction of sp³-hybridized carbons (Fsp3) is 1.00. The molecular formula is C10H21NO. The zero-order valence-corrected chi connectivity index (χ0v) is 8.52. The maximum absolute atomic E-state index is 4.96. The van der Waals surface area contributed by atoms with Crippen molar-refractivity contribution >= 4 is 0 Å². The minimum Gasteiger partial charge on any atom is -0.370 e. The molecule has 12 heavy (non-hydrogen) atoms. The Morgan fingerprint density at radius 2 is 2.08 bits per heavy atom. The smallest absolute Gasteiger partial charge is 0.0961 e. The molecule has 1 saturated carbocycles. The van der Waals surface area contributed by atoms with Gasteiger partial charge in [-0.15, -0.1) is 0 Å². The van der Waals surface area contributed by atoms with Crippen molar-refractivity contribution in [2.45, 2.75) is 33.1 Å². The van der Waals surface area contributed by atoms with Gasteiger partial charge in [0.2, 0.25) is 0 Å². The summed E-state index contributed by atoms with van der Waals surface area (Å²) in [5.41, 5.74) is 0.455. The molecule has 0 aromatic carbocycles. The summed E-state index contributed by atoms with van der Waals surface area (Å²) in [6.07, 6.45) is 4.27. The summed E-state index contributed by atoms with van der Waals surface area (Å²) in [7, 11) is 1.73. The van der Waals surface area contributed by atoms with Gasteiger partial charge in [-0.25, -0.2) is 0 Å². The molecule has 0 unspecified atom stereocenters. The summed E-state index contributed by atoms with van der Waals surface area (Å²) in [4.78, 5) is 0. The van der Waals surface area contributed by atoms with E-state index in [0.29, 0.717) is 12.1 Å². The van der Waals surface area contributed by atoms with E-state index >= 15 is 0 Å². The van der Waals surface area contributed by atoms with E-state index in [0.717, 1.165) is 12.5 Å². The topological polar surface area (TPSA) is 21.3 Å². The summed E-state index contributed by atoms with van der Waals surface area (Å²) < 4.78 is 4.96. The molecule has 0 saturated heterocycles. The van der Waals surface area contributed by atoms with Gasteiger partial charge in [-0.1, -0.05) is 20.3 Å². The Hall–Kier alpha value is -0.0800. The highest BCUT2D eigenvalue weighted by molar-refractivity contribution is 4.85. The molecule has 1 aliphatic rings. The van der Waals surface area contributed by atoms with Gasteiger partial charge in [0.05, 0.1) is 6.73 Å². The Morgan fingerprint density at radius 3 is 2.50 bits per heavy atom. The van der Waals surface area contributed by atoms with Crippen LogP contribution >= 0.6 is 0 Å². The van der Waals surface area contributed by atoms with Gasteiger partial charge < -0.3 is 4.74 Å². The van der Waals surface area contributed by atoms with Gasteiger partial charge in [0, 0.05) is 13.7 Å². The molecule has 1 N–H and O–H groups in total. The van der Waals surface area contributed by atoms with Crippen LogP contribution in [0.5, 0.6) is 0 Å². The third kappa shape index (κ3) is 2.46. The fourth-order valence-electron chi connectivity index (χ4n) is 1.81. The molecule has 2 heteroatoms. The summed E-state index contributed by atoms with van der Waals surface area (Å²) in [5.74, 6) is 0.932. The van der Waals surface area contributed by atoms with Crippen LogP contribution in [0.2, 0.25) is 0 Å². The number of ether oxygens (including phenoxy) is 1. The summed E-state index contributed by atoms with van der Waals surface area (Å²) in [6.45, 7) is 6.45. The van der Waals surface area contributed by atoms with Crippen LogP contribution in [0.4, 0.5) is 0 Å². The minimum absolute atomic E-state index is 0.455. The average molecular weight is 171 g/mol. The normalized spacial score (nSPS) is 19.2. The molecule has 72 valence electrons. The minimum atomic E-state index is 0.455. The molecule has 0 radical (unpaired) electrons. The first-order chi connectivity index (χ1) is 5.67. The van der Waals surface area contributed by atoms with Crippen LogP contribution in [0.25, 0.3) is 0 Å². The number of hydrogen-bond acceptors (Lipinski definition) is 2. The van der Waals surface area contributed by atoms with E-state index in [4.69, 9.17) is 4.74 Å². The van der Waals surface area contributed by atoms with Gasteiger partial charge >= 0.3 is 0 Å². The lowest BCUT2D eigenvalue weighted by atomic mass is 9.67. The van der Waals surface area contributed by atoms with Crippen molar-refractivity contribution in [2.75, 3.05) is 20.4 Å². The zero-order valence-electron chi connectivity index (χ0n) is 8.52. The van der Waals surface area contributed by atoms with Crippen LogP contribution < -0.4 is 5.32 Å². The van der Waals surface area contributed by atoms with Gasteiger partial charge in [-0.2, -0.15) is 0 Å². The Labute approximate surface area is 75.7 Å². The number of nitrogens with one attached hydrogen (secondary N) is 1. The van der Waals surface area contributed by atoms with E-state index in [2.05, 4.69) is 19.2 Å². The Kier molecular flexibility index (Phi) is 3.53. The van der Waals surface area contributed by atoms with Gasteiger partial charge in [0.25, 0.3) is 0 Å². The van der Waals surface area contributed by atoms with E-state index in [1.807, 2.05) is 0 Å².